The van der Waals surface area contributed by atoms with Crippen LogP contribution in [-0.4, -0.2) is 46.1 Å². The maximum absolute atomic E-state index is 12.8. The number of piperidine rings is 1. The fourth-order valence-electron chi connectivity index (χ4n) is 3.72. The third-order valence-corrected chi connectivity index (χ3v) is 6.59. The maximum Gasteiger partial charge on any atom is 0.262 e. The molecule has 7 heteroatoms. The lowest BCUT2D eigenvalue weighted by Gasteiger charge is -2.38. The number of sulfonamides is 1. The van der Waals surface area contributed by atoms with E-state index in [1.54, 1.807) is 22.1 Å². The molecule has 1 aromatic heterocycles. The number of nitrogens with zero attached hydrogens (tertiary/aromatic N) is 3. The van der Waals surface area contributed by atoms with Crippen molar-refractivity contribution in [3.63, 3.8) is 0 Å². The SMILES string of the molecule is Cn1cnc(S(=O)(=O)N2CCCCC2C2CCCC2O)c1. The molecule has 0 bridgehead atoms. The monoisotopic (exact) mass is 313 g/mol. The van der Waals surface area contributed by atoms with Crippen LogP contribution in [0.3, 0.4) is 0 Å². The van der Waals surface area contributed by atoms with Gasteiger partial charge in [0, 0.05) is 31.7 Å². The highest BCUT2D eigenvalue weighted by Crippen LogP contribution is 2.37. The van der Waals surface area contributed by atoms with Crippen molar-refractivity contribution in [2.45, 2.75) is 55.7 Å². The van der Waals surface area contributed by atoms with Gasteiger partial charge < -0.3 is 9.67 Å². The second kappa shape index (κ2) is 5.70. The van der Waals surface area contributed by atoms with Gasteiger partial charge in [-0.15, -0.1) is 0 Å². The molecule has 3 unspecified atom stereocenters. The molecule has 0 spiro atoms. The van der Waals surface area contributed by atoms with Crippen molar-refractivity contribution < 1.29 is 13.5 Å². The number of aromatic nitrogens is 2. The summed E-state index contributed by atoms with van der Waals surface area (Å²) in [6.45, 7) is 0.535. The first kappa shape index (κ1) is 15.0. The number of aliphatic hydroxyl groups excluding tert-OH is 1. The summed E-state index contributed by atoms with van der Waals surface area (Å²) in [5.41, 5.74) is 0. The van der Waals surface area contributed by atoms with Crippen LogP contribution in [0.2, 0.25) is 0 Å². The molecule has 118 valence electrons. The summed E-state index contributed by atoms with van der Waals surface area (Å²) in [5.74, 6) is 0.0730. The second-order valence-corrected chi connectivity index (χ2v) is 8.06. The van der Waals surface area contributed by atoms with Crippen molar-refractivity contribution in [2.24, 2.45) is 13.0 Å². The number of hydrogen-bond acceptors (Lipinski definition) is 4. The summed E-state index contributed by atoms with van der Waals surface area (Å²) in [7, 11) is -1.80. The van der Waals surface area contributed by atoms with Gasteiger partial charge in [-0.1, -0.05) is 12.8 Å². The molecule has 3 atom stereocenters. The molecular weight excluding hydrogens is 290 g/mol. The molecule has 1 aliphatic heterocycles. The van der Waals surface area contributed by atoms with E-state index in [4.69, 9.17) is 0 Å². The Labute approximate surface area is 125 Å². The number of imidazole rings is 1. The molecule has 0 radical (unpaired) electrons. The Balaban J connectivity index is 1.90. The van der Waals surface area contributed by atoms with Crippen LogP contribution in [0, 0.1) is 5.92 Å². The molecule has 3 rings (SSSR count). The quantitative estimate of drug-likeness (QED) is 0.907. The third-order valence-electron chi connectivity index (χ3n) is 4.78. The zero-order valence-electron chi connectivity index (χ0n) is 12.4. The van der Waals surface area contributed by atoms with Gasteiger partial charge in [0.2, 0.25) is 0 Å². The number of aryl methyl sites for hydroxylation is 1. The highest BCUT2D eigenvalue weighted by atomic mass is 32.2. The van der Waals surface area contributed by atoms with Crippen LogP contribution >= 0.6 is 0 Å². The Morgan fingerprint density at radius 3 is 2.67 bits per heavy atom. The van der Waals surface area contributed by atoms with Crippen molar-refractivity contribution in [1.82, 2.24) is 13.9 Å². The molecular formula is C14H23N3O3S. The number of hydrogen-bond donors (Lipinski definition) is 1. The van der Waals surface area contributed by atoms with Crippen LogP contribution in [0.15, 0.2) is 17.6 Å². The average Bonchev–Trinajstić information content (AvgIpc) is 3.08. The molecule has 1 aromatic rings. The van der Waals surface area contributed by atoms with E-state index in [1.807, 2.05) is 0 Å². The summed E-state index contributed by atoms with van der Waals surface area (Å²) in [6, 6.07) is -0.0803. The molecule has 6 nitrogen and oxygen atoms in total. The first-order valence-electron chi connectivity index (χ1n) is 7.68. The van der Waals surface area contributed by atoms with Gasteiger partial charge in [0.15, 0.2) is 5.03 Å². The predicted molar refractivity (Wildman–Crippen MR) is 78.1 cm³/mol. The third kappa shape index (κ3) is 2.74. The largest absolute Gasteiger partial charge is 0.393 e. The summed E-state index contributed by atoms with van der Waals surface area (Å²) >= 11 is 0. The summed E-state index contributed by atoms with van der Waals surface area (Å²) in [6.07, 6.45) is 8.14. The fourth-order valence-corrected chi connectivity index (χ4v) is 5.42. The minimum absolute atomic E-state index is 0.0730. The van der Waals surface area contributed by atoms with Crippen LogP contribution in [0.5, 0.6) is 0 Å². The van der Waals surface area contributed by atoms with E-state index in [0.717, 1.165) is 38.5 Å². The Morgan fingerprint density at radius 1 is 1.24 bits per heavy atom. The first-order valence-corrected chi connectivity index (χ1v) is 9.12. The van der Waals surface area contributed by atoms with Gasteiger partial charge in [-0.3, -0.25) is 0 Å². The molecule has 1 saturated carbocycles. The first-order chi connectivity index (χ1) is 10.00. The highest BCUT2D eigenvalue weighted by Gasteiger charge is 2.42. The lowest BCUT2D eigenvalue weighted by molar-refractivity contribution is 0.0722. The van der Waals surface area contributed by atoms with Gasteiger partial charge >= 0.3 is 0 Å². The number of aliphatic hydroxyl groups is 1. The Morgan fingerprint density at radius 2 is 2.05 bits per heavy atom. The van der Waals surface area contributed by atoms with Crippen LogP contribution in [0.1, 0.15) is 38.5 Å². The molecule has 1 saturated heterocycles. The van der Waals surface area contributed by atoms with Crippen molar-refractivity contribution in [2.75, 3.05) is 6.54 Å². The van der Waals surface area contributed by atoms with Gasteiger partial charge in [0.05, 0.1) is 12.4 Å². The predicted octanol–water partition coefficient (Wildman–Crippen LogP) is 1.12. The van der Waals surface area contributed by atoms with Crippen molar-refractivity contribution in [3.8, 4) is 0 Å². The maximum atomic E-state index is 12.8. The van der Waals surface area contributed by atoms with Crippen molar-refractivity contribution in [3.05, 3.63) is 12.5 Å². The van der Waals surface area contributed by atoms with Crippen LogP contribution in [0.4, 0.5) is 0 Å². The van der Waals surface area contributed by atoms with E-state index >= 15 is 0 Å². The summed E-state index contributed by atoms with van der Waals surface area (Å²) in [4.78, 5) is 4.01. The van der Waals surface area contributed by atoms with Gasteiger partial charge in [0.1, 0.15) is 0 Å². The molecule has 2 aliphatic rings. The van der Waals surface area contributed by atoms with E-state index in [9.17, 15) is 13.5 Å². The standard InChI is InChI=1S/C14H23N3O3S/c1-16-9-14(15-10-16)21(19,20)17-8-3-2-6-12(17)11-5-4-7-13(11)18/h9-13,18H,2-8H2,1H3. The minimum atomic E-state index is -3.56. The van der Waals surface area contributed by atoms with E-state index in [0.29, 0.717) is 6.54 Å². The Bertz CT molecular complexity index is 598. The molecule has 1 aliphatic carbocycles. The lowest BCUT2D eigenvalue weighted by atomic mass is 9.89. The second-order valence-electron chi connectivity index (χ2n) is 6.22. The summed E-state index contributed by atoms with van der Waals surface area (Å²) < 4.78 is 28.9. The van der Waals surface area contributed by atoms with E-state index in [2.05, 4.69) is 4.98 Å². The Kier molecular flexibility index (Phi) is 4.07. The lowest BCUT2D eigenvalue weighted by Crippen LogP contribution is -2.49. The van der Waals surface area contributed by atoms with Gasteiger partial charge in [-0.05, 0) is 25.7 Å². The minimum Gasteiger partial charge on any atom is -0.393 e. The number of rotatable bonds is 3. The molecule has 0 amide bonds. The van der Waals surface area contributed by atoms with E-state index < -0.39 is 10.0 Å². The molecule has 2 heterocycles. The van der Waals surface area contributed by atoms with E-state index in [1.165, 1.54) is 6.33 Å². The zero-order valence-corrected chi connectivity index (χ0v) is 13.2. The highest BCUT2D eigenvalue weighted by molar-refractivity contribution is 7.89. The summed E-state index contributed by atoms with van der Waals surface area (Å²) in [5, 5.41) is 10.3. The molecule has 2 fully saturated rings. The zero-order chi connectivity index (χ0) is 15.0. The Hall–Kier alpha value is -0.920. The average molecular weight is 313 g/mol. The topological polar surface area (TPSA) is 75.4 Å². The van der Waals surface area contributed by atoms with Crippen LogP contribution in [0.25, 0.3) is 0 Å². The molecule has 0 aromatic carbocycles. The van der Waals surface area contributed by atoms with Crippen molar-refractivity contribution in [1.29, 1.82) is 0 Å². The smallest absolute Gasteiger partial charge is 0.262 e. The van der Waals surface area contributed by atoms with Crippen molar-refractivity contribution >= 4 is 10.0 Å². The normalized spacial score (nSPS) is 31.6. The van der Waals surface area contributed by atoms with Gasteiger partial charge in [-0.25, -0.2) is 13.4 Å². The van der Waals surface area contributed by atoms with Gasteiger partial charge in [0.25, 0.3) is 10.0 Å². The molecule has 21 heavy (non-hydrogen) atoms. The molecule has 1 N–H and O–H groups in total. The van der Waals surface area contributed by atoms with Crippen LogP contribution in [-0.2, 0) is 17.1 Å². The fraction of sp³-hybridized carbons (Fsp3) is 0.786. The van der Waals surface area contributed by atoms with Crippen LogP contribution < -0.4 is 0 Å². The van der Waals surface area contributed by atoms with E-state index in [-0.39, 0.29) is 23.1 Å². The van der Waals surface area contributed by atoms with Gasteiger partial charge in [-0.2, -0.15) is 4.31 Å².